The van der Waals surface area contributed by atoms with Gasteiger partial charge in [0.25, 0.3) is 0 Å². The van der Waals surface area contributed by atoms with Crippen molar-refractivity contribution in [3.05, 3.63) is 28.7 Å². The number of hydrogen-bond donors (Lipinski definition) is 0. The zero-order chi connectivity index (χ0) is 9.52. The quantitative estimate of drug-likeness (QED) is 0.722. The molecule has 0 aliphatic carbocycles. The molecule has 0 saturated heterocycles. The fourth-order valence-corrected chi connectivity index (χ4v) is 1.18. The Morgan fingerprint density at radius 2 is 1.85 bits per heavy atom. The lowest BCUT2D eigenvalue weighted by molar-refractivity contribution is 0.297. The summed E-state index contributed by atoms with van der Waals surface area (Å²) in [6, 6.07) is 7.62. The summed E-state index contributed by atoms with van der Waals surface area (Å²) in [6.07, 6.45) is 1.35. The van der Waals surface area contributed by atoms with Gasteiger partial charge in [-0.1, -0.05) is 15.9 Å². The molecule has 0 aromatic heterocycles. The van der Waals surface area contributed by atoms with Crippen molar-refractivity contribution < 1.29 is 9.13 Å². The van der Waals surface area contributed by atoms with E-state index in [2.05, 4.69) is 15.9 Å². The number of ether oxygens (including phenoxy) is 1. The van der Waals surface area contributed by atoms with Gasteiger partial charge in [0, 0.05) is 4.47 Å². The zero-order valence-corrected chi connectivity index (χ0v) is 8.89. The first-order valence-electron chi connectivity index (χ1n) is 4.27. The lowest BCUT2D eigenvalue weighted by Gasteiger charge is -2.04. The van der Waals surface area contributed by atoms with E-state index in [0.29, 0.717) is 13.0 Å². The Bertz CT molecular complexity index is 235. The molecule has 0 spiro atoms. The minimum Gasteiger partial charge on any atom is -0.494 e. The van der Waals surface area contributed by atoms with Gasteiger partial charge in [-0.15, -0.1) is 0 Å². The van der Waals surface area contributed by atoms with Crippen LogP contribution in [0, 0.1) is 0 Å². The van der Waals surface area contributed by atoms with Crippen LogP contribution in [0.4, 0.5) is 4.39 Å². The van der Waals surface area contributed by atoms with E-state index >= 15 is 0 Å². The number of halogens is 2. The van der Waals surface area contributed by atoms with Crippen molar-refractivity contribution in [1.29, 1.82) is 0 Å². The summed E-state index contributed by atoms with van der Waals surface area (Å²) in [7, 11) is 0. The van der Waals surface area contributed by atoms with Gasteiger partial charge in [0.1, 0.15) is 5.75 Å². The molecule has 72 valence electrons. The van der Waals surface area contributed by atoms with E-state index < -0.39 is 0 Å². The van der Waals surface area contributed by atoms with Crippen LogP contribution in [0.25, 0.3) is 0 Å². The summed E-state index contributed by atoms with van der Waals surface area (Å²) < 4.78 is 18.1. The molecular weight excluding hydrogens is 235 g/mol. The maximum Gasteiger partial charge on any atom is 0.119 e. The molecule has 0 saturated carbocycles. The first-order chi connectivity index (χ1) is 6.33. The largest absolute Gasteiger partial charge is 0.494 e. The summed E-state index contributed by atoms with van der Waals surface area (Å²) in [6.45, 7) is 0.329. The molecular formula is C10H12BrFO. The molecule has 1 nitrogen and oxygen atoms in total. The third-order valence-corrected chi connectivity index (χ3v) is 2.14. The summed E-state index contributed by atoms with van der Waals surface area (Å²) in [5.41, 5.74) is 0. The molecule has 0 aliphatic heterocycles. The maximum absolute atomic E-state index is 11.7. The third-order valence-electron chi connectivity index (χ3n) is 1.61. The van der Waals surface area contributed by atoms with Gasteiger partial charge in [-0.25, -0.2) is 0 Å². The lowest BCUT2D eigenvalue weighted by atomic mass is 10.3. The molecule has 0 heterocycles. The number of hydrogen-bond acceptors (Lipinski definition) is 1. The van der Waals surface area contributed by atoms with Gasteiger partial charge in [0.15, 0.2) is 0 Å². The Hall–Kier alpha value is -0.570. The van der Waals surface area contributed by atoms with Crippen molar-refractivity contribution in [3.63, 3.8) is 0 Å². The first-order valence-corrected chi connectivity index (χ1v) is 5.06. The highest BCUT2D eigenvalue weighted by molar-refractivity contribution is 9.10. The molecule has 0 fully saturated rings. The van der Waals surface area contributed by atoms with Gasteiger partial charge in [0.2, 0.25) is 0 Å². The van der Waals surface area contributed by atoms with Crippen LogP contribution in [0.5, 0.6) is 5.75 Å². The minimum atomic E-state index is -0.260. The van der Waals surface area contributed by atoms with Gasteiger partial charge in [-0.3, -0.25) is 4.39 Å². The standard InChI is InChI=1S/C10H12BrFO/c11-9-3-5-10(6-4-9)13-8-2-1-7-12/h3-6H,1-2,7-8H2. The van der Waals surface area contributed by atoms with Crippen LogP contribution in [0.1, 0.15) is 12.8 Å². The molecule has 0 unspecified atom stereocenters. The van der Waals surface area contributed by atoms with Crippen LogP contribution < -0.4 is 4.74 Å². The number of alkyl halides is 1. The third kappa shape index (κ3) is 4.27. The average molecular weight is 247 g/mol. The molecule has 0 amide bonds. The van der Waals surface area contributed by atoms with Crippen LogP contribution >= 0.6 is 15.9 Å². The topological polar surface area (TPSA) is 9.23 Å². The van der Waals surface area contributed by atoms with Crippen LogP contribution in [-0.2, 0) is 0 Å². The fraction of sp³-hybridized carbons (Fsp3) is 0.400. The first kappa shape index (κ1) is 10.5. The molecule has 1 aromatic carbocycles. The summed E-state index contributed by atoms with van der Waals surface area (Å²) >= 11 is 3.33. The zero-order valence-electron chi connectivity index (χ0n) is 7.30. The molecule has 1 aromatic rings. The van der Waals surface area contributed by atoms with Gasteiger partial charge in [-0.2, -0.15) is 0 Å². The number of benzene rings is 1. The molecule has 0 atom stereocenters. The Labute approximate surface area is 86.0 Å². The van der Waals surface area contributed by atoms with Crippen LogP contribution in [-0.4, -0.2) is 13.3 Å². The number of unbranched alkanes of at least 4 members (excludes halogenated alkanes) is 1. The van der Waals surface area contributed by atoms with Crippen molar-refractivity contribution >= 4 is 15.9 Å². The molecule has 0 aliphatic rings. The number of rotatable bonds is 5. The van der Waals surface area contributed by atoms with Gasteiger partial charge < -0.3 is 4.74 Å². The SMILES string of the molecule is FCCCCOc1ccc(Br)cc1. The van der Waals surface area contributed by atoms with Crippen LogP contribution in [0.3, 0.4) is 0 Å². The highest BCUT2D eigenvalue weighted by Gasteiger charge is 1.93. The second kappa shape index (κ2) is 5.97. The van der Waals surface area contributed by atoms with Gasteiger partial charge in [0.05, 0.1) is 13.3 Å². The average Bonchev–Trinajstić information content (AvgIpc) is 2.15. The highest BCUT2D eigenvalue weighted by Crippen LogP contribution is 2.16. The van der Waals surface area contributed by atoms with Crippen molar-refractivity contribution in [1.82, 2.24) is 0 Å². The summed E-state index contributed by atoms with van der Waals surface area (Å²) in [5.74, 6) is 0.835. The molecule has 13 heavy (non-hydrogen) atoms. The van der Waals surface area contributed by atoms with Crippen molar-refractivity contribution in [2.45, 2.75) is 12.8 Å². The summed E-state index contributed by atoms with van der Waals surface area (Å²) in [4.78, 5) is 0. The molecule has 0 radical (unpaired) electrons. The highest BCUT2D eigenvalue weighted by atomic mass is 79.9. The summed E-state index contributed by atoms with van der Waals surface area (Å²) in [5, 5.41) is 0. The van der Waals surface area contributed by atoms with Gasteiger partial charge >= 0.3 is 0 Å². The predicted molar refractivity (Wildman–Crippen MR) is 54.8 cm³/mol. The second-order valence-corrected chi connectivity index (χ2v) is 3.61. The normalized spacial score (nSPS) is 10.0. The van der Waals surface area contributed by atoms with E-state index in [1.165, 1.54) is 0 Å². The van der Waals surface area contributed by atoms with Gasteiger partial charge in [-0.05, 0) is 37.1 Å². The lowest BCUT2D eigenvalue weighted by Crippen LogP contribution is -1.97. The Kier molecular flexibility index (Phi) is 4.83. The Balaban J connectivity index is 2.25. The Morgan fingerprint density at radius 3 is 2.46 bits per heavy atom. The second-order valence-electron chi connectivity index (χ2n) is 2.70. The molecule has 0 bridgehead atoms. The van der Waals surface area contributed by atoms with E-state index in [4.69, 9.17) is 4.74 Å². The van der Waals surface area contributed by atoms with Crippen molar-refractivity contribution in [2.24, 2.45) is 0 Å². The predicted octanol–water partition coefficient (Wildman–Crippen LogP) is 3.58. The van der Waals surface area contributed by atoms with E-state index in [-0.39, 0.29) is 6.67 Å². The van der Waals surface area contributed by atoms with Crippen molar-refractivity contribution in [3.8, 4) is 5.75 Å². The smallest absolute Gasteiger partial charge is 0.119 e. The van der Waals surface area contributed by atoms with E-state index in [9.17, 15) is 4.39 Å². The van der Waals surface area contributed by atoms with E-state index in [1.54, 1.807) is 0 Å². The van der Waals surface area contributed by atoms with E-state index in [0.717, 1.165) is 16.6 Å². The molecule has 1 rings (SSSR count). The minimum absolute atomic E-state index is 0.260. The van der Waals surface area contributed by atoms with Crippen molar-refractivity contribution in [2.75, 3.05) is 13.3 Å². The monoisotopic (exact) mass is 246 g/mol. The fourth-order valence-electron chi connectivity index (χ4n) is 0.917. The van der Waals surface area contributed by atoms with Crippen LogP contribution in [0.2, 0.25) is 0 Å². The maximum atomic E-state index is 11.7. The molecule has 0 N–H and O–H groups in total. The molecule has 3 heteroatoms. The van der Waals surface area contributed by atoms with Crippen LogP contribution in [0.15, 0.2) is 28.7 Å². The Morgan fingerprint density at radius 1 is 1.15 bits per heavy atom. The van der Waals surface area contributed by atoms with E-state index in [1.807, 2.05) is 24.3 Å².